The number of ether oxygens (including phenoxy) is 2. The predicted molar refractivity (Wildman–Crippen MR) is 47.0 cm³/mol. The van der Waals surface area contributed by atoms with Crippen LogP contribution < -0.4 is 0 Å². The van der Waals surface area contributed by atoms with Crippen LogP contribution >= 0.6 is 0 Å². The highest BCUT2D eigenvalue weighted by atomic mass is 16.5. The summed E-state index contributed by atoms with van der Waals surface area (Å²) in [6.07, 6.45) is 2.50. The maximum Gasteiger partial charge on any atom is 0.305 e. The van der Waals surface area contributed by atoms with Crippen molar-refractivity contribution in [2.45, 2.75) is 39.2 Å². The minimum atomic E-state index is -0.164. The normalized spacial score (nSPS) is 12.6. The molecule has 12 heavy (non-hydrogen) atoms. The van der Waals surface area contributed by atoms with E-state index in [2.05, 4.69) is 11.7 Å². The standard InChI is InChI=1S/C9H18O3/c1-4-8(2)12-7-5-6-9(10)11-3/h8H,4-7H2,1-3H3. The average Bonchev–Trinajstić information content (AvgIpc) is 2.11. The van der Waals surface area contributed by atoms with Gasteiger partial charge in [-0.3, -0.25) is 4.79 Å². The van der Waals surface area contributed by atoms with Crippen molar-refractivity contribution in [3.8, 4) is 0 Å². The van der Waals surface area contributed by atoms with Crippen LogP contribution in [0.15, 0.2) is 0 Å². The highest BCUT2D eigenvalue weighted by Gasteiger charge is 2.01. The van der Waals surface area contributed by atoms with E-state index in [-0.39, 0.29) is 5.97 Å². The maximum atomic E-state index is 10.6. The summed E-state index contributed by atoms with van der Waals surface area (Å²) in [6.45, 7) is 4.74. The maximum absolute atomic E-state index is 10.6. The molecule has 1 unspecified atom stereocenters. The summed E-state index contributed by atoms with van der Waals surface area (Å²) >= 11 is 0. The molecule has 0 bridgehead atoms. The molecule has 0 aliphatic rings. The SMILES string of the molecule is CCC(C)OCCCC(=O)OC. The fourth-order valence-electron chi connectivity index (χ4n) is 0.721. The van der Waals surface area contributed by atoms with E-state index in [0.717, 1.165) is 12.8 Å². The summed E-state index contributed by atoms with van der Waals surface area (Å²) in [5, 5.41) is 0. The van der Waals surface area contributed by atoms with Crippen molar-refractivity contribution in [3.63, 3.8) is 0 Å². The Bertz CT molecular complexity index is 123. The van der Waals surface area contributed by atoms with Crippen molar-refractivity contribution in [1.29, 1.82) is 0 Å². The molecule has 0 saturated carbocycles. The molecule has 0 rings (SSSR count). The Morgan fingerprint density at radius 3 is 2.67 bits per heavy atom. The van der Waals surface area contributed by atoms with Gasteiger partial charge < -0.3 is 9.47 Å². The van der Waals surface area contributed by atoms with E-state index in [1.807, 2.05) is 6.92 Å². The lowest BCUT2D eigenvalue weighted by molar-refractivity contribution is -0.141. The van der Waals surface area contributed by atoms with Gasteiger partial charge in [0.05, 0.1) is 13.2 Å². The van der Waals surface area contributed by atoms with E-state index in [9.17, 15) is 4.79 Å². The van der Waals surface area contributed by atoms with E-state index >= 15 is 0 Å². The van der Waals surface area contributed by atoms with Crippen molar-refractivity contribution in [3.05, 3.63) is 0 Å². The van der Waals surface area contributed by atoms with Gasteiger partial charge in [0.25, 0.3) is 0 Å². The molecule has 0 saturated heterocycles. The molecule has 0 fully saturated rings. The van der Waals surface area contributed by atoms with Gasteiger partial charge in [-0.1, -0.05) is 6.92 Å². The summed E-state index contributed by atoms with van der Waals surface area (Å²) in [7, 11) is 1.40. The summed E-state index contributed by atoms with van der Waals surface area (Å²) in [5.41, 5.74) is 0. The van der Waals surface area contributed by atoms with Gasteiger partial charge in [0.2, 0.25) is 0 Å². The van der Waals surface area contributed by atoms with Gasteiger partial charge in [-0.05, 0) is 19.8 Å². The van der Waals surface area contributed by atoms with E-state index in [1.54, 1.807) is 0 Å². The van der Waals surface area contributed by atoms with Crippen LogP contribution in [0.1, 0.15) is 33.1 Å². The second-order valence-corrected chi connectivity index (χ2v) is 2.77. The number of methoxy groups -OCH3 is 1. The highest BCUT2D eigenvalue weighted by Crippen LogP contribution is 1.99. The molecule has 0 aromatic carbocycles. The molecule has 0 amide bonds. The van der Waals surface area contributed by atoms with Crippen LogP contribution in [0.25, 0.3) is 0 Å². The van der Waals surface area contributed by atoms with E-state index in [4.69, 9.17) is 4.74 Å². The molecule has 72 valence electrons. The fourth-order valence-corrected chi connectivity index (χ4v) is 0.721. The predicted octanol–water partition coefficient (Wildman–Crippen LogP) is 1.75. The molecular formula is C9H18O3. The monoisotopic (exact) mass is 174 g/mol. The van der Waals surface area contributed by atoms with Crippen LogP contribution in [0.2, 0.25) is 0 Å². The van der Waals surface area contributed by atoms with Crippen LogP contribution in [0, 0.1) is 0 Å². The summed E-state index contributed by atoms with van der Waals surface area (Å²) in [4.78, 5) is 10.6. The topological polar surface area (TPSA) is 35.5 Å². The Morgan fingerprint density at radius 2 is 2.17 bits per heavy atom. The number of carbonyl (C=O) groups is 1. The number of hydrogen-bond acceptors (Lipinski definition) is 3. The molecule has 3 nitrogen and oxygen atoms in total. The number of hydrogen-bond donors (Lipinski definition) is 0. The minimum Gasteiger partial charge on any atom is -0.469 e. The second kappa shape index (κ2) is 7.10. The van der Waals surface area contributed by atoms with E-state index < -0.39 is 0 Å². The molecule has 3 heteroatoms. The molecule has 0 aromatic heterocycles. The van der Waals surface area contributed by atoms with Gasteiger partial charge in [-0.15, -0.1) is 0 Å². The highest BCUT2D eigenvalue weighted by molar-refractivity contribution is 5.68. The molecule has 0 heterocycles. The molecule has 0 aliphatic heterocycles. The molecular weight excluding hydrogens is 156 g/mol. The summed E-state index contributed by atoms with van der Waals surface area (Å²) < 4.78 is 9.87. The van der Waals surface area contributed by atoms with Gasteiger partial charge in [0, 0.05) is 13.0 Å². The third-order valence-electron chi connectivity index (χ3n) is 1.73. The zero-order valence-corrected chi connectivity index (χ0v) is 8.13. The zero-order chi connectivity index (χ0) is 9.40. The van der Waals surface area contributed by atoms with Crippen molar-refractivity contribution >= 4 is 5.97 Å². The lowest BCUT2D eigenvalue weighted by Crippen LogP contribution is -2.09. The molecule has 0 radical (unpaired) electrons. The van der Waals surface area contributed by atoms with E-state index in [0.29, 0.717) is 19.1 Å². The van der Waals surface area contributed by atoms with Gasteiger partial charge in [-0.2, -0.15) is 0 Å². The first-order valence-electron chi connectivity index (χ1n) is 4.39. The Labute approximate surface area is 74.0 Å². The van der Waals surface area contributed by atoms with Gasteiger partial charge in [-0.25, -0.2) is 0 Å². The Kier molecular flexibility index (Phi) is 6.76. The average molecular weight is 174 g/mol. The second-order valence-electron chi connectivity index (χ2n) is 2.77. The number of carbonyl (C=O) groups excluding carboxylic acids is 1. The third-order valence-corrected chi connectivity index (χ3v) is 1.73. The van der Waals surface area contributed by atoms with Crippen LogP contribution in [0.5, 0.6) is 0 Å². The lowest BCUT2D eigenvalue weighted by Gasteiger charge is -2.09. The van der Waals surface area contributed by atoms with Crippen molar-refractivity contribution in [2.75, 3.05) is 13.7 Å². The van der Waals surface area contributed by atoms with Crippen molar-refractivity contribution < 1.29 is 14.3 Å². The molecule has 0 N–H and O–H groups in total. The van der Waals surface area contributed by atoms with Gasteiger partial charge >= 0.3 is 5.97 Å². The first-order chi connectivity index (χ1) is 5.70. The van der Waals surface area contributed by atoms with Gasteiger partial charge in [0.15, 0.2) is 0 Å². The van der Waals surface area contributed by atoms with Crippen LogP contribution in [-0.4, -0.2) is 25.8 Å². The first kappa shape index (κ1) is 11.4. The van der Waals surface area contributed by atoms with Crippen molar-refractivity contribution in [1.82, 2.24) is 0 Å². The minimum absolute atomic E-state index is 0.164. The van der Waals surface area contributed by atoms with Crippen LogP contribution in [-0.2, 0) is 14.3 Å². The smallest absolute Gasteiger partial charge is 0.305 e. The molecule has 0 aliphatic carbocycles. The largest absolute Gasteiger partial charge is 0.469 e. The van der Waals surface area contributed by atoms with Crippen LogP contribution in [0.4, 0.5) is 0 Å². The molecule has 0 aromatic rings. The summed E-state index contributed by atoms with van der Waals surface area (Å²) in [5.74, 6) is -0.164. The Hall–Kier alpha value is -0.570. The Balaban J connectivity index is 3.15. The van der Waals surface area contributed by atoms with Crippen molar-refractivity contribution in [2.24, 2.45) is 0 Å². The Morgan fingerprint density at radius 1 is 1.50 bits per heavy atom. The third kappa shape index (κ3) is 6.16. The molecule has 1 atom stereocenters. The first-order valence-corrected chi connectivity index (χ1v) is 4.39. The lowest BCUT2D eigenvalue weighted by atomic mass is 10.3. The number of esters is 1. The fraction of sp³-hybridized carbons (Fsp3) is 0.889. The summed E-state index contributed by atoms with van der Waals surface area (Å²) in [6, 6.07) is 0. The quantitative estimate of drug-likeness (QED) is 0.454. The number of rotatable bonds is 6. The molecule has 0 spiro atoms. The van der Waals surface area contributed by atoms with Crippen LogP contribution in [0.3, 0.4) is 0 Å². The van der Waals surface area contributed by atoms with Gasteiger partial charge in [0.1, 0.15) is 0 Å². The zero-order valence-electron chi connectivity index (χ0n) is 8.13. The van der Waals surface area contributed by atoms with E-state index in [1.165, 1.54) is 7.11 Å².